The Hall–Kier alpha value is -1.47. The van der Waals surface area contributed by atoms with Crippen molar-refractivity contribution in [1.82, 2.24) is 9.55 Å². The van der Waals surface area contributed by atoms with Gasteiger partial charge >= 0.3 is 0 Å². The number of fused-ring (bicyclic) bond motifs is 1. The first-order valence-electron chi connectivity index (χ1n) is 6.62. The number of pyridine rings is 1. The molecular formula is C14H18N2O4. The summed E-state index contributed by atoms with van der Waals surface area (Å²) < 4.78 is 7.31. The number of nitrogens with zero attached hydrogens (tertiary/aromatic N) is 2. The van der Waals surface area contributed by atoms with Crippen molar-refractivity contribution < 1.29 is 20.1 Å². The van der Waals surface area contributed by atoms with E-state index in [2.05, 4.69) is 4.98 Å². The molecule has 2 aromatic heterocycles. The van der Waals surface area contributed by atoms with Crippen molar-refractivity contribution in [3.05, 3.63) is 30.1 Å². The van der Waals surface area contributed by atoms with Gasteiger partial charge in [0.15, 0.2) is 6.23 Å². The van der Waals surface area contributed by atoms with Gasteiger partial charge in [0.2, 0.25) is 0 Å². The van der Waals surface area contributed by atoms with E-state index in [0.29, 0.717) is 5.65 Å². The van der Waals surface area contributed by atoms with Gasteiger partial charge in [0, 0.05) is 17.8 Å². The van der Waals surface area contributed by atoms with Gasteiger partial charge in [0.1, 0.15) is 24.0 Å². The maximum atomic E-state index is 10.1. The molecule has 108 valence electrons. The zero-order valence-corrected chi connectivity index (χ0v) is 11.3. The molecule has 1 fully saturated rings. The van der Waals surface area contributed by atoms with Crippen LogP contribution in [0.1, 0.15) is 18.7 Å². The summed E-state index contributed by atoms with van der Waals surface area (Å²) in [6.07, 6.45) is -1.18. The fourth-order valence-corrected chi connectivity index (χ4v) is 2.71. The predicted octanol–water partition coefficient (Wildman–Crippen LogP) is 0.345. The highest BCUT2D eigenvalue weighted by Crippen LogP contribution is 2.33. The Bertz CT molecular complexity index is 625. The molecule has 0 saturated carbocycles. The fraction of sp³-hybridized carbons (Fsp3) is 0.500. The number of hydrogen-bond acceptors (Lipinski definition) is 5. The first-order chi connectivity index (χ1) is 9.50. The van der Waals surface area contributed by atoms with E-state index in [4.69, 9.17) is 4.74 Å². The van der Waals surface area contributed by atoms with E-state index in [0.717, 1.165) is 10.9 Å². The molecule has 0 aromatic carbocycles. The van der Waals surface area contributed by atoms with Crippen LogP contribution in [0.25, 0.3) is 11.0 Å². The van der Waals surface area contributed by atoms with E-state index in [1.807, 2.05) is 19.1 Å². The van der Waals surface area contributed by atoms with Crippen molar-refractivity contribution in [3.63, 3.8) is 0 Å². The SMILES string of the molecule is Cc1ccnc2c1ccn2[C@@H]1O[C@H]([C@@H](C)O)[C@@H](O)[C@H]1O. The molecule has 1 saturated heterocycles. The molecule has 6 nitrogen and oxygen atoms in total. The van der Waals surface area contributed by atoms with Crippen LogP contribution in [0, 0.1) is 6.92 Å². The molecule has 0 unspecified atom stereocenters. The summed E-state index contributed by atoms with van der Waals surface area (Å²) in [7, 11) is 0. The van der Waals surface area contributed by atoms with Crippen molar-refractivity contribution >= 4 is 11.0 Å². The van der Waals surface area contributed by atoms with Gasteiger partial charge in [0.05, 0.1) is 6.10 Å². The van der Waals surface area contributed by atoms with E-state index in [-0.39, 0.29) is 0 Å². The molecule has 0 aliphatic carbocycles. The minimum absolute atomic E-state index is 0.687. The molecular weight excluding hydrogens is 260 g/mol. The molecule has 3 heterocycles. The Morgan fingerprint density at radius 2 is 2.05 bits per heavy atom. The molecule has 3 N–H and O–H groups in total. The first-order valence-corrected chi connectivity index (χ1v) is 6.62. The highest BCUT2D eigenvalue weighted by atomic mass is 16.6. The standard InChI is InChI=1S/C14H18N2O4/c1-7-3-5-15-13-9(7)4-6-16(13)14-11(19)10(18)12(20-14)8(2)17/h3-6,8,10-12,14,17-19H,1-2H3/t8-,10+,11-,12-,14-/m1/s1. The largest absolute Gasteiger partial charge is 0.391 e. The normalized spacial score (nSPS) is 31.9. The van der Waals surface area contributed by atoms with Gasteiger partial charge in [-0.25, -0.2) is 4.98 Å². The number of rotatable bonds is 2. The Balaban J connectivity index is 2.02. The number of aromatic nitrogens is 2. The van der Waals surface area contributed by atoms with Crippen LogP contribution < -0.4 is 0 Å². The summed E-state index contributed by atoms with van der Waals surface area (Å²) in [5.41, 5.74) is 1.77. The van der Waals surface area contributed by atoms with Crippen LogP contribution >= 0.6 is 0 Å². The lowest BCUT2D eigenvalue weighted by atomic mass is 10.1. The summed E-state index contributed by atoms with van der Waals surface area (Å²) in [5.74, 6) is 0. The third kappa shape index (κ3) is 1.92. The number of aliphatic hydroxyl groups is 3. The van der Waals surface area contributed by atoms with Crippen molar-refractivity contribution in [3.8, 4) is 0 Å². The molecule has 6 heteroatoms. The Kier molecular flexibility index (Phi) is 3.25. The van der Waals surface area contributed by atoms with Crippen LogP contribution in [-0.2, 0) is 4.74 Å². The van der Waals surface area contributed by atoms with Gasteiger partial charge in [-0.1, -0.05) is 0 Å². The van der Waals surface area contributed by atoms with Gasteiger partial charge < -0.3 is 24.6 Å². The third-order valence-corrected chi connectivity index (χ3v) is 3.86. The summed E-state index contributed by atoms with van der Waals surface area (Å²) in [6.45, 7) is 3.51. The maximum Gasteiger partial charge on any atom is 0.164 e. The van der Waals surface area contributed by atoms with Gasteiger partial charge in [0.25, 0.3) is 0 Å². The molecule has 1 aliphatic heterocycles. The Morgan fingerprint density at radius 1 is 1.30 bits per heavy atom. The van der Waals surface area contributed by atoms with E-state index in [9.17, 15) is 15.3 Å². The number of aryl methyl sites for hydroxylation is 1. The van der Waals surface area contributed by atoms with Gasteiger partial charge in [-0.15, -0.1) is 0 Å². The molecule has 0 spiro atoms. The third-order valence-electron chi connectivity index (χ3n) is 3.86. The lowest BCUT2D eigenvalue weighted by molar-refractivity contribution is -0.0775. The quantitative estimate of drug-likeness (QED) is 0.737. The number of aliphatic hydroxyl groups excluding tert-OH is 3. The molecule has 1 aliphatic rings. The highest BCUT2D eigenvalue weighted by Gasteiger charge is 2.45. The minimum Gasteiger partial charge on any atom is -0.391 e. The molecule has 0 bridgehead atoms. The van der Waals surface area contributed by atoms with Crippen LogP contribution in [-0.4, -0.2) is 49.3 Å². The Labute approximate surface area is 116 Å². The summed E-state index contributed by atoms with van der Waals surface area (Å²) >= 11 is 0. The fourth-order valence-electron chi connectivity index (χ4n) is 2.71. The van der Waals surface area contributed by atoms with E-state index >= 15 is 0 Å². The smallest absolute Gasteiger partial charge is 0.164 e. The monoisotopic (exact) mass is 278 g/mol. The van der Waals surface area contributed by atoms with Gasteiger partial charge in [-0.05, 0) is 31.5 Å². The average molecular weight is 278 g/mol. The number of hydrogen-bond donors (Lipinski definition) is 3. The molecule has 2 aromatic rings. The maximum absolute atomic E-state index is 10.1. The van der Waals surface area contributed by atoms with E-state index < -0.39 is 30.6 Å². The van der Waals surface area contributed by atoms with Crippen LogP contribution in [0.4, 0.5) is 0 Å². The predicted molar refractivity (Wildman–Crippen MR) is 72.1 cm³/mol. The summed E-state index contributed by atoms with van der Waals surface area (Å²) in [4.78, 5) is 4.30. The molecule has 0 amide bonds. The van der Waals surface area contributed by atoms with Crippen LogP contribution in [0.2, 0.25) is 0 Å². The summed E-state index contributed by atoms with van der Waals surface area (Å²) in [6, 6.07) is 3.81. The van der Waals surface area contributed by atoms with Crippen molar-refractivity contribution in [2.24, 2.45) is 0 Å². The van der Waals surface area contributed by atoms with E-state index in [1.54, 1.807) is 17.0 Å². The highest BCUT2D eigenvalue weighted by molar-refractivity contribution is 5.79. The minimum atomic E-state index is -1.12. The van der Waals surface area contributed by atoms with Crippen molar-refractivity contribution in [1.29, 1.82) is 0 Å². The van der Waals surface area contributed by atoms with Crippen LogP contribution in [0.15, 0.2) is 24.5 Å². The molecule has 3 rings (SSSR count). The second-order valence-corrected chi connectivity index (χ2v) is 5.30. The Morgan fingerprint density at radius 3 is 2.70 bits per heavy atom. The topological polar surface area (TPSA) is 87.7 Å². The summed E-state index contributed by atoms with van der Waals surface area (Å²) in [5, 5.41) is 30.7. The second kappa shape index (κ2) is 4.82. The van der Waals surface area contributed by atoms with E-state index in [1.165, 1.54) is 6.92 Å². The van der Waals surface area contributed by atoms with Crippen molar-refractivity contribution in [2.75, 3.05) is 0 Å². The van der Waals surface area contributed by atoms with Gasteiger partial charge in [-0.3, -0.25) is 0 Å². The molecule has 5 atom stereocenters. The zero-order valence-electron chi connectivity index (χ0n) is 11.3. The van der Waals surface area contributed by atoms with Gasteiger partial charge in [-0.2, -0.15) is 0 Å². The van der Waals surface area contributed by atoms with Crippen LogP contribution in [0.3, 0.4) is 0 Å². The lowest BCUT2D eigenvalue weighted by Gasteiger charge is -2.18. The molecule has 0 radical (unpaired) electrons. The second-order valence-electron chi connectivity index (χ2n) is 5.30. The van der Waals surface area contributed by atoms with Crippen molar-refractivity contribution in [2.45, 2.75) is 44.5 Å². The zero-order chi connectivity index (χ0) is 14.4. The van der Waals surface area contributed by atoms with Crippen LogP contribution in [0.5, 0.6) is 0 Å². The number of ether oxygens (including phenoxy) is 1. The lowest BCUT2D eigenvalue weighted by Crippen LogP contribution is -2.37. The average Bonchev–Trinajstić information content (AvgIpc) is 2.94. The molecule has 20 heavy (non-hydrogen) atoms. The first kappa shape index (κ1) is 13.5.